The number of carbonyl (C=O) groups excluding carboxylic acids is 1. The molecule has 2 saturated carbocycles. The van der Waals surface area contributed by atoms with Gasteiger partial charge in [-0.05, 0) is 55.5 Å². The van der Waals surface area contributed by atoms with Crippen molar-refractivity contribution in [3.8, 4) is 17.6 Å². The molecule has 2 heterocycles. The van der Waals surface area contributed by atoms with Crippen LogP contribution in [0.2, 0.25) is 0 Å². The Kier molecular flexibility index (Phi) is 4.43. The molecule has 5 aliphatic rings. The van der Waals surface area contributed by atoms with Crippen molar-refractivity contribution in [2.75, 3.05) is 13.1 Å². The highest BCUT2D eigenvalue weighted by Gasteiger charge is 2.76. The molecule has 2 aromatic carbocycles. The number of nitriles is 1. The van der Waals surface area contributed by atoms with E-state index < -0.39 is 29.2 Å². The van der Waals surface area contributed by atoms with Crippen LogP contribution in [0.4, 0.5) is 0 Å². The molecule has 1 saturated heterocycles. The molecule has 0 radical (unpaired) electrons. The molecule has 8 nitrogen and oxygen atoms in total. The van der Waals surface area contributed by atoms with E-state index in [1.807, 2.05) is 6.07 Å². The molecule has 2 bridgehead atoms. The SMILES string of the molecule is N#Cc1cccc(C(=O)N[C@@H]2CC[C@@]3(O)[C@H]4Cc5ccc(O)c6c5[C@@]3(CC[N+]4([O-])CC3CC3)[C@H]2O6)c1. The Balaban J connectivity index is 1.30. The van der Waals surface area contributed by atoms with Gasteiger partial charge in [-0.2, -0.15) is 5.26 Å². The molecule has 3 aliphatic carbocycles. The number of phenolic OH excluding ortho intramolecular Hbond substituents is 1. The average Bonchev–Trinajstić information content (AvgIpc) is 3.60. The minimum Gasteiger partial charge on any atom is -0.632 e. The summed E-state index contributed by atoms with van der Waals surface area (Å²) in [5.74, 6) is 0.535. The molecule has 186 valence electrons. The summed E-state index contributed by atoms with van der Waals surface area (Å²) < 4.78 is 6.07. The summed E-state index contributed by atoms with van der Waals surface area (Å²) in [6, 6.07) is 11.2. The van der Waals surface area contributed by atoms with Gasteiger partial charge in [0.05, 0.1) is 36.2 Å². The molecule has 8 heteroatoms. The van der Waals surface area contributed by atoms with E-state index in [1.165, 1.54) is 0 Å². The van der Waals surface area contributed by atoms with Gasteiger partial charge >= 0.3 is 0 Å². The summed E-state index contributed by atoms with van der Waals surface area (Å²) >= 11 is 0. The van der Waals surface area contributed by atoms with E-state index >= 15 is 0 Å². The number of amides is 1. The Morgan fingerprint density at radius 1 is 1.25 bits per heavy atom. The Bertz CT molecular complexity index is 1330. The van der Waals surface area contributed by atoms with Crippen molar-refractivity contribution in [1.29, 1.82) is 5.26 Å². The maximum Gasteiger partial charge on any atom is 0.251 e. The van der Waals surface area contributed by atoms with E-state index in [0.717, 1.165) is 24.0 Å². The van der Waals surface area contributed by atoms with Crippen molar-refractivity contribution < 1.29 is 24.4 Å². The van der Waals surface area contributed by atoms with Crippen LogP contribution < -0.4 is 10.1 Å². The van der Waals surface area contributed by atoms with Crippen molar-refractivity contribution in [2.45, 2.75) is 67.7 Å². The third-order valence-electron chi connectivity index (χ3n) is 9.63. The minimum absolute atomic E-state index is 0.0246. The predicted molar refractivity (Wildman–Crippen MR) is 129 cm³/mol. The fraction of sp³-hybridized carbons (Fsp3) is 0.500. The first-order valence-electron chi connectivity index (χ1n) is 12.9. The number of quaternary nitrogens is 1. The highest BCUT2D eigenvalue weighted by Crippen LogP contribution is 2.66. The summed E-state index contributed by atoms with van der Waals surface area (Å²) in [5.41, 5.74) is 0.439. The predicted octanol–water partition coefficient (Wildman–Crippen LogP) is 2.64. The number of aliphatic hydroxyl groups is 1. The number of rotatable bonds is 4. The molecule has 0 aromatic heterocycles. The summed E-state index contributed by atoms with van der Waals surface area (Å²) in [6.45, 7) is 0.938. The summed E-state index contributed by atoms with van der Waals surface area (Å²) in [4.78, 5) is 13.2. The zero-order valence-corrected chi connectivity index (χ0v) is 19.9. The van der Waals surface area contributed by atoms with E-state index in [0.29, 0.717) is 61.6 Å². The number of hydrogen-bond donors (Lipinski definition) is 3. The highest BCUT2D eigenvalue weighted by molar-refractivity contribution is 5.94. The van der Waals surface area contributed by atoms with Crippen LogP contribution in [0.5, 0.6) is 11.5 Å². The van der Waals surface area contributed by atoms with Gasteiger partial charge in [0, 0.05) is 29.9 Å². The van der Waals surface area contributed by atoms with Gasteiger partial charge in [-0.3, -0.25) is 4.79 Å². The number of ether oxygens (including phenoxy) is 1. The second-order valence-electron chi connectivity index (χ2n) is 11.5. The van der Waals surface area contributed by atoms with E-state index in [2.05, 4.69) is 11.4 Å². The molecule has 1 spiro atoms. The molecule has 2 aromatic rings. The van der Waals surface area contributed by atoms with Crippen LogP contribution in [0.25, 0.3) is 0 Å². The lowest BCUT2D eigenvalue weighted by Crippen LogP contribution is -2.81. The van der Waals surface area contributed by atoms with Gasteiger partial charge in [-0.25, -0.2) is 0 Å². The van der Waals surface area contributed by atoms with Gasteiger partial charge in [0.15, 0.2) is 11.5 Å². The number of nitrogens with zero attached hydrogens (tertiary/aromatic N) is 2. The number of nitrogens with one attached hydrogen (secondary N) is 1. The van der Waals surface area contributed by atoms with Crippen LogP contribution in [-0.2, 0) is 11.8 Å². The quantitative estimate of drug-likeness (QED) is 0.450. The van der Waals surface area contributed by atoms with Crippen molar-refractivity contribution >= 4 is 5.91 Å². The van der Waals surface area contributed by atoms with Crippen LogP contribution >= 0.6 is 0 Å². The number of piperidine rings is 1. The number of hydrogen-bond acceptors (Lipinski definition) is 6. The number of benzene rings is 2. The molecule has 6 atom stereocenters. The van der Waals surface area contributed by atoms with E-state index in [4.69, 9.17) is 4.74 Å². The molecule has 7 rings (SSSR count). The van der Waals surface area contributed by atoms with E-state index in [1.54, 1.807) is 30.3 Å². The molecule has 1 unspecified atom stereocenters. The first-order chi connectivity index (χ1) is 17.3. The molecule has 1 amide bonds. The van der Waals surface area contributed by atoms with Gasteiger partial charge in [-0.15, -0.1) is 0 Å². The molecular formula is C28H29N3O5. The first-order valence-corrected chi connectivity index (χ1v) is 12.9. The lowest BCUT2D eigenvalue weighted by atomic mass is 9.48. The molecular weight excluding hydrogens is 458 g/mol. The Morgan fingerprint density at radius 2 is 2.08 bits per heavy atom. The van der Waals surface area contributed by atoms with Gasteiger partial charge in [-0.1, -0.05) is 12.1 Å². The first kappa shape index (κ1) is 22.1. The fourth-order valence-corrected chi connectivity index (χ4v) is 7.89. The molecule has 3 N–H and O–H groups in total. The minimum atomic E-state index is -1.28. The lowest BCUT2D eigenvalue weighted by molar-refractivity contribution is -0.924. The van der Waals surface area contributed by atoms with Gasteiger partial charge < -0.3 is 30.1 Å². The number of carbonyl (C=O) groups is 1. The van der Waals surface area contributed by atoms with Crippen LogP contribution in [-0.4, -0.2) is 57.6 Å². The van der Waals surface area contributed by atoms with E-state index in [-0.39, 0.29) is 16.3 Å². The lowest BCUT2D eigenvalue weighted by Gasteiger charge is -2.68. The number of likely N-dealkylation sites (tertiary alicyclic amines) is 1. The summed E-state index contributed by atoms with van der Waals surface area (Å²) in [6.07, 6.45) is 3.31. The Hall–Kier alpha value is -3.12. The van der Waals surface area contributed by atoms with Crippen molar-refractivity contribution in [3.05, 3.63) is 63.9 Å². The number of hydroxylamine groups is 3. The molecule has 36 heavy (non-hydrogen) atoms. The Morgan fingerprint density at radius 3 is 2.86 bits per heavy atom. The largest absolute Gasteiger partial charge is 0.632 e. The monoisotopic (exact) mass is 487 g/mol. The van der Waals surface area contributed by atoms with Gasteiger partial charge in [0.2, 0.25) is 0 Å². The standard InChI is InChI=1S/C28H29N3O5/c29-14-17-2-1-3-19(12-17)26(33)30-20-8-9-28(34)22-13-18-6-7-21(32)24-23(18)27(28,25(20)36-24)10-11-31(22,35)15-16-4-5-16/h1-3,6-7,12,16,20,22,25,32,34H,4-5,8-11,13,15H2,(H,30,33)/t20-,22-,25+,27+,28-,31?/m1/s1. The average molecular weight is 488 g/mol. The smallest absolute Gasteiger partial charge is 0.251 e. The van der Waals surface area contributed by atoms with Crippen molar-refractivity contribution in [3.63, 3.8) is 0 Å². The topological polar surface area (TPSA) is 126 Å². The third kappa shape index (κ3) is 2.76. The van der Waals surface area contributed by atoms with Crippen molar-refractivity contribution in [1.82, 2.24) is 5.32 Å². The Labute approximate surface area is 209 Å². The molecule has 3 fully saturated rings. The van der Waals surface area contributed by atoms with Gasteiger partial charge in [0.1, 0.15) is 17.7 Å². The van der Waals surface area contributed by atoms with Crippen LogP contribution in [0, 0.1) is 22.5 Å². The summed E-state index contributed by atoms with van der Waals surface area (Å²) in [5, 5.41) is 49.8. The van der Waals surface area contributed by atoms with Crippen LogP contribution in [0.1, 0.15) is 59.2 Å². The normalized spacial score (nSPS) is 37.4. The third-order valence-corrected chi connectivity index (χ3v) is 9.63. The van der Waals surface area contributed by atoms with Crippen LogP contribution in [0.15, 0.2) is 36.4 Å². The second kappa shape index (κ2) is 7.22. The number of aromatic hydroxyl groups is 1. The second-order valence-corrected chi connectivity index (χ2v) is 11.5. The zero-order chi connectivity index (χ0) is 24.9. The fourth-order valence-electron chi connectivity index (χ4n) is 7.89. The number of phenols is 1. The van der Waals surface area contributed by atoms with E-state index in [9.17, 15) is 25.5 Å². The van der Waals surface area contributed by atoms with Crippen molar-refractivity contribution in [2.24, 2.45) is 5.92 Å². The van der Waals surface area contributed by atoms with Gasteiger partial charge in [0.25, 0.3) is 5.91 Å². The highest BCUT2D eigenvalue weighted by atomic mass is 16.6. The molecule has 2 aliphatic heterocycles. The summed E-state index contributed by atoms with van der Waals surface area (Å²) in [7, 11) is 0. The zero-order valence-electron chi connectivity index (χ0n) is 19.9. The maximum absolute atomic E-state index is 14.3. The maximum atomic E-state index is 14.3. The van der Waals surface area contributed by atoms with Crippen LogP contribution in [0.3, 0.4) is 0 Å².